The molecule has 0 radical (unpaired) electrons. The van der Waals surface area contributed by atoms with E-state index in [1.165, 1.54) is 0 Å². The molecule has 0 bridgehead atoms. The first kappa shape index (κ1) is 15.9. The van der Waals surface area contributed by atoms with Gasteiger partial charge in [-0.2, -0.15) is 0 Å². The van der Waals surface area contributed by atoms with E-state index in [0.29, 0.717) is 12.6 Å². The lowest BCUT2D eigenvalue weighted by molar-refractivity contribution is 0.0668. The summed E-state index contributed by atoms with van der Waals surface area (Å²) in [5.74, 6) is 0.178. The second-order valence-electron chi connectivity index (χ2n) is 4.89. The fourth-order valence-electron chi connectivity index (χ4n) is 2.22. The van der Waals surface area contributed by atoms with Gasteiger partial charge in [0.25, 0.3) is 0 Å². The summed E-state index contributed by atoms with van der Waals surface area (Å²) in [5, 5.41) is 0. The van der Waals surface area contributed by atoms with Gasteiger partial charge in [0.15, 0.2) is 5.78 Å². The minimum atomic E-state index is -0.118. The van der Waals surface area contributed by atoms with Gasteiger partial charge in [0.1, 0.15) is 0 Å². The van der Waals surface area contributed by atoms with Crippen LogP contribution in [-0.4, -0.2) is 43.0 Å². The Morgan fingerprint density at radius 2 is 1.89 bits per heavy atom. The van der Waals surface area contributed by atoms with Crippen molar-refractivity contribution in [2.75, 3.05) is 20.3 Å². The Morgan fingerprint density at radius 1 is 1.26 bits per heavy atom. The van der Waals surface area contributed by atoms with Gasteiger partial charge in [-0.25, -0.2) is 0 Å². The maximum atomic E-state index is 12.5. The van der Waals surface area contributed by atoms with Crippen LogP contribution in [0.4, 0.5) is 0 Å². The number of Topliss-reactive ketones (excluding diaryl/α,β-unsaturated/α-hetero) is 1. The SMILES string of the molecule is CCC(C)N(CCOC)C(C)C(=O)c1ccccc1. The van der Waals surface area contributed by atoms with Crippen LogP contribution in [-0.2, 0) is 4.74 Å². The van der Waals surface area contributed by atoms with E-state index in [0.717, 1.165) is 18.5 Å². The molecule has 19 heavy (non-hydrogen) atoms. The fraction of sp³-hybridized carbons (Fsp3) is 0.562. The molecule has 0 aromatic heterocycles. The van der Waals surface area contributed by atoms with E-state index in [1.807, 2.05) is 37.3 Å². The van der Waals surface area contributed by atoms with Crippen molar-refractivity contribution in [1.29, 1.82) is 0 Å². The summed E-state index contributed by atoms with van der Waals surface area (Å²) < 4.78 is 5.15. The van der Waals surface area contributed by atoms with E-state index in [2.05, 4.69) is 18.7 Å². The number of carbonyl (C=O) groups is 1. The molecule has 0 amide bonds. The van der Waals surface area contributed by atoms with Gasteiger partial charge in [0.2, 0.25) is 0 Å². The molecular formula is C16H25NO2. The second kappa shape index (κ2) is 8.08. The molecule has 1 aromatic rings. The molecule has 3 nitrogen and oxygen atoms in total. The minimum Gasteiger partial charge on any atom is -0.383 e. The number of hydrogen-bond donors (Lipinski definition) is 0. The van der Waals surface area contributed by atoms with Gasteiger partial charge in [0, 0.05) is 25.3 Å². The first-order valence-electron chi connectivity index (χ1n) is 6.95. The highest BCUT2D eigenvalue weighted by atomic mass is 16.5. The monoisotopic (exact) mass is 263 g/mol. The van der Waals surface area contributed by atoms with Gasteiger partial charge in [-0.15, -0.1) is 0 Å². The molecule has 2 atom stereocenters. The van der Waals surface area contributed by atoms with Crippen molar-refractivity contribution in [3.05, 3.63) is 35.9 Å². The summed E-state index contributed by atoms with van der Waals surface area (Å²) in [4.78, 5) is 14.7. The summed E-state index contributed by atoms with van der Waals surface area (Å²) in [6.45, 7) is 7.72. The predicted molar refractivity (Wildman–Crippen MR) is 78.6 cm³/mol. The average molecular weight is 263 g/mol. The number of nitrogens with zero attached hydrogens (tertiary/aromatic N) is 1. The second-order valence-corrected chi connectivity index (χ2v) is 4.89. The molecule has 0 fully saturated rings. The molecule has 0 spiro atoms. The number of ketones is 1. The number of rotatable bonds is 8. The quantitative estimate of drug-likeness (QED) is 0.675. The number of methoxy groups -OCH3 is 1. The number of ether oxygens (including phenoxy) is 1. The Kier molecular flexibility index (Phi) is 6.74. The van der Waals surface area contributed by atoms with E-state index >= 15 is 0 Å². The third kappa shape index (κ3) is 4.44. The van der Waals surface area contributed by atoms with Crippen molar-refractivity contribution in [3.63, 3.8) is 0 Å². The first-order chi connectivity index (χ1) is 9.11. The van der Waals surface area contributed by atoms with Gasteiger partial charge in [-0.3, -0.25) is 9.69 Å². The zero-order valence-corrected chi connectivity index (χ0v) is 12.4. The van der Waals surface area contributed by atoms with Crippen molar-refractivity contribution in [2.45, 2.75) is 39.3 Å². The highest BCUT2D eigenvalue weighted by Crippen LogP contribution is 2.13. The molecule has 106 valence electrons. The Bertz CT molecular complexity index is 378. The lowest BCUT2D eigenvalue weighted by atomic mass is 10.0. The average Bonchev–Trinajstić information content (AvgIpc) is 2.47. The maximum absolute atomic E-state index is 12.5. The highest BCUT2D eigenvalue weighted by molar-refractivity contribution is 5.99. The van der Waals surface area contributed by atoms with Gasteiger partial charge in [-0.1, -0.05) is 37.3 Å². The summed E-state index contributed by atoms with van der Waals surface area (Å²) in [6.07, 6.45) is 1.02. The topological polar surface area (TPSA) is 29.5 Å². The lowest BCUT2D eigenvalue weighted by Gasteiger charge is -2.33. The number of hydrogen-bond acceptors (Lipinski definition) is 3. The van der Waals surface area contributed by atoms with Crippen molar-refractivity contribution >= 4 is 5.78 Å². The third-order valence-electron chi connectivity index (χ3n) is 3.65. The van der Waals surface area contributed by atoms with Crippen molar-refractivity contribution < 1.29 is 9.53 Å². The van der Waals surface area contributed by atoms with Crippen LogP contribution in [0.2, 0.25) is 0 Å². The van der Waals surface area contributed by atoms with Crippen molar-refractivity contribution in [1.82, 2.24) is 4.90 Å². The molecule has 0 N–H and O–H groups in total. The largest absolute Gasteiger partial charge is 0.383 e. The van der Waals surface area contributed by atoms with Gasteiger partial charge < -0.3 is 4.74 Å². The van der Waals surface area contributed by atoms with Crippen molar-refractivity contribution in [3.8, 4) is 0 Å². The Hall–Kier alpha value is -1.19. The predicted octanol–water partition coefficient (Wildman–Crippen LogP) is 3.00. The number of carbonyl (C=O) groups excluding carboxylic acids is 1. The smallest absolute Gasteiger partial charge is 0.179 e. The van der Waals surface area contributed by atoms with Crippen LogP contribution in [0, 0.1) is 0 Å². The van der Waals surface area contributed by atoms with Crippen LogP contribution in [0.25, 0.3) is 0 Å². The summed E-state index contributed by atoms with van der Waals surface area (Å²) >= 11 is 0. The van der Waals surface area contributed by atoms with Gasteiger partial charge >= 0.3 is 0 Å². The van der Waals surface area contributed by atoms with Crippen LogP contribution < -0.4 is 0 Å². The zero-order valence-electron chi connectivity index (χ0n) is 12.4. The Morgan fingerprint density at radius 3 is 2.42 bits per heavy atom. The van der Waals surface area contributed by atoms with Gasteiger partial charge in [-0.05, 0) is 20.3 Å². The summed E-state index contributed by atoms with van der Waals surface area (Å²) in [7, 11) is 1.69. The van der Waals surface area contributed by atoms with Crippen molar-refractivity contribution in [2.24, 2.45) is 0 Å². The third-order valence-corrected chi connectivity index (χ3v) is 3.65. The van der Waals surface area contributed by atoms with Gasteiger partial charge in [0.05, 0.1) is 12.6 Å². The summed E-state index contributed by atoms with van der Waals surface area (Å²) in [6, 6.07) is 9.75. The molecule has 1 aromatic carbocycles. The maximum Gasteiger partial charge on any atom is 0.179 e. The molecule has 0 saturated heterocycles. The lowest BCUT2D eigenvalue weighted by Crippen LogP contribution is -2.46. The Balaban J connectivity index is 2.80. The first-order valence-corrected chi connectivity index (χ1v) is 6.95. The zero-order chi connectivity index (χ0) is 14.3. The van der Waals surface area contributed by atoms with Crippen LogP contribution in [0.3, 0.4) is 0 Å². The standard InChI is InChI=1S/C16H25NO2/c1-5-13(2)17(11-12-19-4)14(3)16(18)15-9-7-6-8-10-15/h6-10,13-14H,5,11-12H2,1-4H3. The molecule has 2 unspecified atom stereocenters. The van der Waals surface area contributed by atoms with E-state index < -0.39 is 0 Å². The normalized spacial score (nSPS) is 14.4. The Labute approximate surface area is 116 Å². The molecule has 0 aliphatic carbocycles. The highest BCUT2D eigenvalue weighted by Gasteiger charge is 2.25. The fourth-order valence-corrected chi connectivity index (χ4v) is 2.22. The van der Waals surface area contributed by atoms with Crippen LogP contribution in [0.5, 0.6) is 0 Å². The van der Waals surface area contributed by atoms with Crippen LogP contribution in [0.15, 0.2) is 30.3 Å². The van der Waals surface area contributed by atoms with E-state index in [-0.39, 0.29) is 11.8 Å². The van der Waals surface area contributed by atoms with E-state index in [9.17, 15) is 4.79 Å². The molecule has 0 aliphatic rings. The van der Waals surface area contributed by atoms with Crippen LogP contribution >= 0.6 is 0 Å². The summed E-state index contributed by atoms with van der Waals surface area (Å²) in [5.41, 5.74) is 0.778. The molecule has 0 heterocycles. The van der Waals surface area contributed by atoms with E-state index in [4.69, 9.17) is 4.74 Å². The molecular weight excluding hydrogens is 238 g/mol. The molecule has 0 saturated carbocycles. The number of benzene rings is 1. The molecule has 3 heteroatoms. The molecule has 0 aliphatic heterocycles. The van der Waals surface area contributed by atoms with E-state index in [1.54, 1.807) is 7.11 Å². The molecule has 1 rings (SSSR count). The van der Waals surface area contributed by atoms with Crippen LogP contribution in [0.1, 0.15) is 37.6 Å². The minimum absolute atomic E-state index is 0.118.